The Balaban J connectivity index is 1.06. The molecule has 2 heteroatoms. The number of rotatable bonds is 15. The lowest BCUT2D eigenvalue weighted by molar-refractivity contribution is 0.0230. The Labute approximate surface area is 269 Å². The maximum absolute atomic E-state index is 15.3. The highest BCUT2D eigenvalue weighted by molar-refractivity contribution is 5.67. The van der Waals surface area contributed by atoms with E-state index in [1.165, 1.54) is 88.2 Å². The zero-order valence-corrected chi connectivity index (χ0v) is 28.1. The molecule has 1 nitrogen and oxygen atoms in total. The molecule has 44 heavy (non-hydrogen) atoms. The summed E-state index contributed by atoms with van der Waals surface area (Å²) in [5, 5.41) is 0. The molecule has 0 heterocycles. The fourth-order valence-corrected chi connectivity index (χ4v) is 8.43. The van der Waals surface area contributed by atoms with Gasteiger partial charge < -0.3 is 4.74 Å². The number of allylic oxidation sites excluding steroid dienone is 2. The summed E-state index contributed by atoms with van der Waals surface area (Å²) in [6.45, 7) is 5.38. The number of ether oxygens (including phenoxy) is 1. The molecule has 2 fully saturated rings. The van der Waals surface area contributed by atoms with E-state index in [1.807, 2.05) is 6.07 Å². The smallest absolute Gasteiger partial charge is 0.127 e. The topological polar surface area (TPSA) is 9.23 Å². The van der Waals surface area contributed by atoms with Gasteiger partial charge >= 0.3 is 0 Å². The van der Waals surface area contributed by atoms with E-state index in [0.717, 1.165) is 80.9 Å². The highest BCUT2D eigenvalue weighted by atomic mass is 19.1. The highest BCUT2D eigenvalue weighted by Gasteiger charge is 2.26. The number of unbranched alkanes of at least 4 members (excludes halogenated alkanes) is 6. The standard InChI is InChI=1S/C42H61FO/c1-3-5-7-8-9-10-11-32-12-14-33(15-13-32)34-16-18-35(19-17-34)36-20-22-37(23-21-36)39-26-29-41(42(43)31-39)38-24-27-40(28-25-38)44-30-6-4-2/h16-19,22,26,29,31-33,36,38,40H,3-15,20-21,23-25,27-28,30H2,1-2H3. The highest BCUT2D eigenvalue weighted by Crippen LogP contribution is 2.41. The third-order valence-corrected chi connectivity index (χ3v) is 11.4. The Morgan fingerprint density at radius 2 is 1.32 bits per heavy atom. The van der Waals surface area contributed by atoms with E-state index in [9.17, 15) is 0 Å². The van der Waals surface area contributed by atoms with Crippen molar-refractivity contribution in [1.29, 1.82) is 0 Å². The normalized spacial score (nSPS) is 26.0. The predicted molar refractivity (Wildman–Crippen MR) is 186 cm³/mol. The Kier molecular flexibility index (Phi) is 13.4. The lowest BCUT2D eigenvalue weighted by atomic mass is 9.76. The van der Waals surface area contributed by atoms with Gasteiger partial charge in [-0.05, 0) is 135 Å². The Morgan fingerprint density at radius 3 is 1.98 bits per heavy atom. The third kappa shape index (κ3) is 9.54. The maximum atomic E-state index is 15.3. The fraction of sp³-hybridized carbons (Fsp3) is 0.667. The van der Waals surface area contributed by atoms with E-state index in [1.54, 1.807) is 5.56 Å². The minimum Gasteiger partial charge on any atom is -0.378 e. The van der Waals surface area contributed by atoms with Gasteiger partial charge in [0.2, 0.25) is 0 Å². The molecule has 0 bridgehead atoms. The van der Waals surface area contributed by atoms with E-state index in [-0.39, 0.29) is 5.82 Å². The minimum absolute atomic E-state index is 0.00657. The summed E-state index contributed by atoms with van der Waals surface area (Å²) in [4.78, 5) is 0. The van der Waals surface area contributed by atoms with Crippen LogP contribution in [0.4, 0.5) is 4.39 Å². The van der Waals surface area contributed by atoms with E-state index in [2.05, 4.69) is 56.3 Å². The van der Waals surface area contributed by atoms with Crippen LogP contribution in [0.15, 0.2) is 48.5 Å². The first-order valence-corrected chi connectivity index (χ1v) is 18.8. The first-order valence-electron chi connectivity index (χ1n) is 18.8. The van der Waals surface area contributed by atoms with Crippen LogP contribution in [0.2, 0.25) is 0 Å². The number of hydrogen-bond donors (Lipinski definition) is 0. The molecule has 3 aliphatic rings. The van der Waals surface area contributed by atoms with Gasteiger partial charge in [-0.2, -0.15) is 0 Å². The average Bonchev–Trinajstić information content (AvgIpc) is 3.07. The van der Waals surface area contributed by atoms with Crippen molar-refractivity contribution in [3.05, 3.63) is 76.6 Å². The molecule has 5 rings (SSSR count). The molecule has 0 N–H and O–H groups in total. The van der Waals surface area contributed by atoms with Crippen molar-refractivity contribution in [3.63, 3.8) is 0 Å². The van der Waals surface area contributed by atoms with Gasteiger partial charge in [0.15, 0.2) is 0 Å². The van der Waals surface area contributed by atoms with Crippen LogP contribution in [0.3, 0.4) is 0 Å². The summed E-state index contributed by atoms with van der Waals surface area (Å²) in [5.41, 5.74) is 6.38. The molecule has 242 valence electrons. The van der Waals surface area contributed by atoms with E-state index < -0.39 is 0 Å². The first kappa shape index (κ1) is 33.4. The molecule has 2 aromatic rings. The molecule has 0 amide bonds. The molecule has 1 unspecified atom stereocenters. The van der Waals surface area contributed by atoms with Gasteiger partial charge in [0.1, 0.15) is 5.82 Å². The summed E-state index contributed by atoms with van der Waals surface area (Å²) < 4.78 is 21.4. The zero-order valence-electron chi connectivity index (χ0n) is 28.1. The van der Waals surface area contributed by atoms with Gasteiger partial charge in [0.25, 0.3) is 0 Å². The van der Waals surface area contributed by atoms with Crippen molar-refractivity contribution in [2.45, 2.75) is 166 Å². The van der Waals surface area contributed by atoms with Gasteiger partial charge in [-0.1, -0.05) is 108 Å². The Bertz CT molecular complexity index is 1130. The maximum Gasteiger partial charge on any atom is 0.127 e. The number of halogens is 1. The van der Waals surface area contributed by atoms with E-state index in [4.69, 9.17) is 4.74 Å². The molecule has 2 saturated carbocycles. The van der Waals surface area contributed by atoms with Crippen LogP contribution in [0, 0.1) is 11.7 Å². The van der Waals surface area contributed by atoms with E-state index >= 15 is 4.39 Å². The monoisotopic (exact) mass is 600 g/mol. The third-order valence-electron chi connectivity index (χ3n) is 11.4. The van der Waals surface area contributed by atoms with Crippen LogP contribution in [0.1, 0.15) is 182 Å². The SMILES string of the molecule is CCCCCCCCC1CCC(c2ccc(C3CC=C(c4ccc(C5CCC(OCCCC)CC5)c(F)c4)CC3)cc2)CC1. The van der Waals surface area contributed by atoms with Crippen LogP contribution in [0.5, 0.6) is 0 Å². The summed E-state index contributed by atoms with van der Waals surface area (Å²) in [5.74, 6) is 2.64. The fourth-order valence-electron chi connectivity index (χ4n) is 8.43. The summed E-state index contributed by atoms with van der Waals surface area (Å²) in [6.07, 6.45) is 28.1. The predicted octanol–water partition coefficient (Wildman–Crippen LogP) is 13.0. The van der Waals surface area contributed by atoms with Crippen LogP contribution in [0.25, 0.3) is 5.57 Å². The molecule has 3 aliphatic carbocycles. The lowest BCUT2D eigenvalue weighted by Gasteiger charge is -2.29. The van der Waals surface area contributed by atoms with Gasteiger partial charge in [0, 0.05) is 6.61 Å². The number of hydrogen-bond acceptors (Lipinski definition) is 1. The van der Waals surface area contributed by atoms with Crippen molar-refractivity contribution in [1.82, 2.24) is 0 Å². The quantitative estimate of drug-likeness (QED) is 0.185. The largest absolute Gasteiger partial charge is 0.378 e. The van der Waals surface area contributed by atoms with Crippen molar-refractivity contribution < 1.29 is 9.13 Å². The molecule has 0 aromatic heterocycles. The second-order valence-electron chi connectivity index (χ2n) is 14.6. The Hall–Kier alpha value is -1.93. The average molecular weight is 601 g/mol. The summed E-state index contributed by atoms with van der Waals surface area (Å²) in [7, 11) is 0. The van der Waals surface area contributed by atoms with Crippen LogP contribution in [-0.2, 0) is 4.74 Å². The second kappa shape index (κ2) is 17.7. The van der Waals surface area contributed by atoms with Crippen LogP contribution in [-0.4, -0.2) is 12.7 Å². The summed E-state index contributed by atoms with van der Waals surface area (Å²) >= 11 is 0. The lowest BCUT2D eigenvalue weighted by Crippen LogP contribution is -2.21. The van der Waals surface area contributed by atoms with Gasteiger partial charge in [-0.25, -0.2) is 4.39 Å². The zero-order chi connectivity index (χ0) is 30.6. The van der Waals surface area contributed by atoms with Crippen LogP contribution < -0.4 is 0 Å². The molecule has 1 atom stereocenters. The van der Waals surface area contributed by atoms with Gasteiger partial charge in [-0.3, -0.25) is 0 Å². The van der Waals surface area contributed by atoms with Gasteiger partial charge in [-0.15, -0.1) is 0 Å². The van der Waals surface area contributed by atoms with Crippen molar-refractivity contribution >= 4 is 5.57 Å². The van der Waals surface area contributed by atoms with Crippen molar-refractivity contribution in [3.8, 4) is 0 Å². The molecular formula is C42H61FO. The molecule has 0 spiro atoms. The molecule has 0 saturated heterocycles. The number of benzene rings is 2. The van der Waals surface area contributed by atoms with Crippen molar-refractivity contribution in [2.24, 2.45) is 5.92 Å². The van der Waals surface area contributed by atoms with Crippen LogP contribution >= 0.6 is 0 Å². The molecule has 0 aliphatic heterocycles. The molecular weight excluding hydrogens is 539 g/mol. The molecule has 0 radical (unpaired) electrons. The minimum atomic E-state index is -0.00657. The van der Waals surface area contributed by atoms with Gasteiger partial charge in [0.05, 0.1) is 6.10 Å². The second-order valence-corrected chi connectivity index (χ2v) is 14.6. The first-order chi connectivity index (χ1) is 21.6. The van der Waals surface area contributed by atoms with Crippen molar-refractivity contribution in [2.75, 3.05) is 6.61 Å². The summed E-state index contributed by atoms with van der Waals surface area (Å²) in [6, 6.07) is 15.8. The van der Waals surface area contributed by atoms with E-state index in [0.29, 0.717) is 17.9 Å². The Morgan fingerprint density at radius 1 is 0.659 bits per heavy atom. The molecule has 2 aromatic carbocycles.